The molecule has 14 N–H and O–H groups in total. The largest absolute Gasteiger partial charge is 0.480 e. The number of carbonyl (C=O) groups is 8. The Morgan fingerprint density at radius 3 is 1.50 bits per heavy atom. The van der Waals surface area contributed by atoms with Gasteiger partial charge in [-0.05, 0) is 61.1 Å². The average molecular weight is 1080 g/mol. The number of carboxylic acids is 1. The molecule has 1 aliphatic heterocycles. The first-order valence-electron chi connectivity index (χ1n) is 25.0. The van der Waals surface area contributed by atoms with E-state index in [1.807, 2.05) is 24.3 Å². The van der Waals surface area contributed by atoms with Gasteiger partial charge in [-0.1, -0.05) is 131 Å². The maximum absolute atomic E-state index is 14.8. The predicted octanol–water partition coefficient (Wildman–Crippen LogP) is 1.15. The van der Waals surface area contributed by atoms with Crippen molar-refractivity contribution >= 4 is 79.8 Å². The number of hydrogen-bond donors (Lipinski definition) is 12. The van der Waals surface area contributed by atoms with Crippen molar-refractivity contribution in [3.05, 3.63) is 144 Å². The third kappa shape index (κ3) is 17.4. The van der Waals surface area contributed by atoms with Crippen LogP contribution in [0.2, 0.25) is 0 Å². The summed E-state index contributed by atoms with van der Waals surface area (Å²) in [6, 6.07) is 22.5. The quantitative estimate of drug-likeness (QED) is 0.0549. The molecule has 1 saturated heterocycles. The van der Waals surface area contributed by atoms with Gasteiger partial charge in [-0.2, -0.15) is 0 Å². The average Bonchev–Trinajstić information content (AvgIpc) is 3.82. The number of aromatic nitrogens is 1. The molecule has 0 radical (unpaired) electrons. The molecule has 1 fully saturated rings. The van der Waals surface area contributed by atoms with Crippen molar-refractivity contribution in [2.75, 3.05) is 18.1 Å². The number of fused-ring (bicyclic) bond motifs is 1. The van der Waals surface area contributed by atoms with Gasteiger partial charge in [0.25, 0.3) is 0 Å². The van der Waals surface area contributed by atoms with E-state index in [2.05, 4.69) is 42.2 Å². The monoisotopic (exact) mass is 1080 g/mol. The minimum Gasteiger partial charge on any atom is -0.480 e. The van der Waals surface area contributed by atoms with Crippen LogP contribution in [0.4, 0.5) is 0 Å². The zero-order valence-corrected chi connectivity index (χ0v) is 43.6. The fourth-order valence-electron chi connectivity index (χ4n) is 8.45. The van der Waals surface area contributed by atoms with Crippen LogP contribution in [0.5, 0.6) is 0 Å². The summed E-state index contributed by atoms with van der Waals surface area (Å²) in [6.45, 7) is 1.51. The number of benzene rings is 4. The van der Waals surface area contributed by atoms with E-state index in [1.165, 1.54) is 6.92 Å². The number of carboxylic acid groups (broad SMARTS) is 1. The van der Waals surface area contributed by atoms with Crippen LogP contribution in [0.15, 0.2) is 121 Å². The summed E-state index contributed by atoms with van der Waals surface area (Å²) >= 11 is 0. The van der Waals surface area contributed by atoms with E-state index in [-0.39, 0.29) is 50.2 Å². The molecule has 2 heterocycles. The second-order valence-electron chi connectivity index (χ2n) is 18.5. The van der Waals surface area contributed by atoms with Crippen LogP contribution in [0, 0.1) is 0 Å². The summed E-state index contributed by atoms with van der Waals surface area (Å²) in [7, 11) is 2.07. The van der Waals surface area contributed by atoms with Crippen LogP contribution in [-0.2, 0) is 64.0 Å². The normalized spacial score (nSPS) is 23.7. The van der Waals surface area contributed by atoms with Crippen molar-refractivity contribution in [1.29, 1.82) is 0 Å². The number of hydrogen-bond acceptors (Lipinski definition) is 13. The molecule has 6 rings (SSSR count). The van der Waals surface area contributed by atoms with E-state index >= 15 is 0 Å². The van der Waals surface area contributed by atoms with Gasteiger partial charge >= 0.3 is 5.97 Å². The molecule has 404 valence electrons. The molecule has 0 unspecified atom stereocenters. The Bertz CT molecular complexity index is 2750. The smallest absolute Gasteiger partial charge is 0.327 e. The van der Waals surface area contributed by atoms with Gasteiger partial charge in [0.1, 0.15) is 42.3 Å². The second kappa shape index (κ2) is 29.2. The summed E-state index contributed by atoms with van der Waals surface area (Å²) in [5.41, 5.74) is 15.5. The van der Waals surface area contributed by atoms with Crippen molar-refractivity contribution in [2.24, 2.45) is 11.5 Å². The van der Waals surface area contributed by atoms with E-state index in [9.17, 15) is 48.6 Å². The lowest BCUT2D eigenvalue weighted by Gasteiger charge is -2.29. The number of aromatic amines is 1. The molecule has 1 aliphatic rings. The Hall–Kier alpha value is -7.24. The molecule has 0 spiro atoms. The van der Waals surface area contributed by atoms with Crippen LogP contribution in [0.1, 0.15) is 48.4 Å². The minimum atomic E-state index is -1.69. The number of unbranched alkanes of at least 4 members (excludes halogenated alkanes) is 1. The Balaban J connectivity index is 1.39. The Labute approximate surface area is 448 Å². The van der Waals surface area contributed by atoms with Crippen molar-refractivity contribution in [1.82, 2.24) is 42.2 Å². The van der Waals surface area contributed by atoms with E-state index in [4.69, 9.17) is 11.5 Å². The molecular weight excluding hydrogens is 1010 g/mol. The van der Waals surface area contributed by atoms with Crippen LogP contribution >= 0.6 is 21.6 Å². The van der Waals surface area contributed by atoms with Gasteiger partial charge in [-0.25, -0.2) is 4.79 Å². The lowest BCUT2D eigenvalue weighted by atomic mass is 10.00. The fraction of sp³-hybridized carbons (Fsp3) is 0.370. The molecule has 5 aromatic rings. The predicted molar refractivity (Wildman–Crippen MR) is 291 cm³/mol. The molecule has 0 saturated carbocycles. The summed E-state index contributed by atoms with van der Waals surface area (Å²) < 4.78 is 0. The maximum Gasteiger partial charge on any atom is 0.327 e. The highest BCUT2D eigenvalue weighted by Gasteiger charge is 2.36. The van der Waals surface area contributed by atoms with Gasteiger partial charge in [0.15, 0.2) is 0 Å². The van der Waals surface area contributed by atoms with Crippen molar-refractivity contribution < 1.29 is 48.6 Å². The molecule has 22 heteroatoms. The van der Waals surface area contributed by atoms with Crippen molar-refractivity contribution in [2.45, 2.75) is 106 Å². The molecule has 9 atom stereocenters. The van der Waals surface area contributed by atoms with Gasteiger partial charge in [0.05, 0.1) is 12.1 Å². The lowest BCUT2D eigenvalue weighted by molar-refractivity contribution is -0.141. The number of rotatable bonds is 14. The van der Waals surface area contributed by atoms with Crippen molar-refractivity contribution in [3.63, 3.8) is 0 Å². The zero-order valence-electron chi connectivity index (χ0n) is 41.9. The molecule has 0 bridgehead atoms. The molecule has 7 amide bonds. The van der Waals surface area contributed by atoms with Gasteiger partial charge in [0, 0.05) is 54.3 Å². The lowest BCUT2D eigenvalue weighted by Crippen LogP contribution is -2.62. The standard InChI is InChI=1S/C54H66N10O10S2/c1-32(65)46-53(72)62-43(27-35-19-9-4-10-20-35)51(70)63-45(54(73)74)31-76-75-30-38(56)47(66)59-41(25-33-15-5-2-6-16-33)49(68)60-42(26-34-17-7-3-8-18-34)50(69)61-44(28-36-29-57-39-22-12-11-21-37(36)39)52(71)58-40(48(67)64-46)23-13-14-24-55/h2-12,15-22,29,32,38,40-46,57,65H,13-14,23-28,30-31,55-56H2,1H3,(H,58,71)(H,59,66)(H,60,68)(H,61,69)(H,62,72)(H,63,70)(H,64,67)(H,73,74)/t32-,38-,40-,41-,42-,43-,44+,45-,46+/m1/s1. The van der Waals surface area contributed by atoms with Crippen LogP contribution in [0.3, 0.4) is 0 Å². The number of aliphatic hydroxyl groups excluding tert-OH is 1. The Morgan fingerprint density at radius 1 is 0.553 bits per heavy atom. The summed E-state index contributed by atoms with van der Waals surface area (Å²) in [4.78, 5) is 116. The number of nitrogens with two attached hydrogens (primary N) is 2. The van der Waals surface area contributed by atoms with Gasteiger partial charge in [-0.3, -0.25) is 33.6 Å². The van der Waals surface area contributed by atoms with Crippen LogP contribution in [-0.4, -0.2) is 135 Å². The highest BCUT2D eigenvalue weighted by atomic mass is 33.1. The molecular formula is C54H66N10O10S2. The summed E-state index contributed by atoms with van der Waals surface area (Å²) in [6.07, 6.45) is 0.661. The van der Waals surface area contributed by atoms with Crippen molar-refractivity contribution in [3.8, 4) is 0 Å². The third-order valence-corrected chi connectivity index (χ3v) is 15.1. The Morgan fingerprint density at radius 2 is 0.987 bits per heavy atom. The molecule has 4 aromatic carbocycles. The first-order chi connectivity index (χ1) is 36.6. The number of nitrogens with one attached hydrogen (secondary N) is 8. The highest BCUT2D eigenvalue weighted by Crippen LogP contribution is 2.24. The second-order valence-corrected chi connectivity index (χ2v) is 21.1. The molecule has 1 aromatic heterocycles. The van der Waals surface area contributed by atoms with E-state index in [0.29, 0.717) is 35.1 Å². The number of H-pyrrole nitrogens is 1. The first-order valence-corrected chi connectivity index (χ1v) is 27.5. The highest BCUT2D eigenvalue weighted by molar-refractivity contribution is 8.76. The number of para-hydroxylation sites is 1. The number of aliphatic hydroxyl groups is 1. The summed E-state index contributed by atoms with van der Waals surface area (Å²) in [5.74, 6) is -7.42. The van der Waals surface area contributed by atoms with E-state index in [0.717, 1.165) is 32.5 Å². The third-order valence-electron chi connectivity index (χ3n) is 12.6. The molecule has 20 nitrogen and oxygen atoms in total. The van der Waals surface area contributed by atoms with E-state index in [1.54, 1.807) is 97.2 Å². The first kappa shape index (κ1) is 58.0. The minimum absolute atomic E-state index is 0.00642. The number of carbonyl (C=O) groups excluding carboxylic acids is 7. The SMILES string of the molecule is C[C@@H](O)[C@@H]1NC(=O)[C@@H](CCCCN)NC(=O)[C@H](Cc2c[nH]c3ccccc23)NC(=O)[C@@H](Cc2ccccc2)NC(=O)[C@@H](Cc2ccccc2)NC(=O)[C@H](N)CSSC[C@H](C(=O)O)NC(=O)[C@@H](Cc2ccccc2)NC1=O. The topological polar surface area (TPSA) is 329 Å². The van der Waals surface area contributed by atoms with Gasteiger partial charge < -0.3 is 63.9 Å². The van der Waals surface area contributed by atoms with Gasteiger partial charge in [0.2, 0.25) is 41.4 Å². The number of amides is 7. The maximum atomic E-state index is 14.8. The summed E-state index contributed by atoms with van der Waals surface area (Å²) in [5, 5.41) is 40.8. The fourth-order valence-corrected chi connectivity index (χ4v) is 10.7. The zero-order chi connectivity index (χ0) is 54.6. The Kier molecular flexibility index (Phi) is 22.3. The number of aliphatic carboxylic acids is 1. The molecule has 76 heavy (non-hydrogen) atoms. The van der Waals surface area contributed by atoms with Gasteiger partial charge in [-0.15, -0.1) is 0 Å². The van der Waals surface area contributed by atoms with E-state index < -0.39 is 102 Å². The van der Waals surface area contributed by atoms with Crippen LogP contribution in [0.25, 0.3) is 10.9 Å². The van der Waals surface area contributed by atoms with Crippen LogP contribution < -0.4 is 48.7 Å². The molecule has 0 aliphatic carbocycles.